The van der Waals surface area contributed by atoms with Gasteiger partial charge in [-0.2, -0.15) is 0 Å². The van der Waals surface area contributed by atoms with Gasteiger partial charge in [0.1, 0.15) is 0 Å². The lowest BCUT2D eigenvalue weighted by Crippen LogP contribution is -2.27. The van der Waals surface area contributed by atoms with Gasteiger partial charge >= 0.3 is 5.97 Å². The minimum absolute atomic E-state index is 0.331. The van der Waals surface area contributed by atoms with Crippen LogP contribution in [0.3, 0.4) is 0 Å². The van der Waals surface area contributed by atoms with E-state index in [1.54, 1.807) is 13.0 Å². The number of hydrogen-bond acceptors (Lipinski definition) is 1. The number of carboxylic acid groups (broad SMARTS) is 1. The minimum atomic E-state index is -0.989. The minimum Gasteiger partial charge on any atom is -0.481 e. The highest BCUT2D eigenvalue weighted by atomic mass is 79.9. The molecule has 0 aliphatic carbocycles. The van der Waals surface area contributed by atoms with Crippen LogP contribution >= 0.6 is 27.5 Å². The van der Waals surface area contributed by atoms with Crippen molar-refractivity contribution in [1.82, 2.24) is 0 Å². The Kier molecular flexibility index (Phi) is 4.16. The van der Waals surface area contributed by atoms with Crippen LogP contribution in [0.4, 0.5) is 0 Å². The van der Waals surface area contributed by atoms with Gasteiger partial charge in [-0.05, 0) is 31.0 Å². The zero-order valence-electron chi connectivity index (χ0n) is 8.84. The molecule has 0 heterocycles. The summed E-state index contributed by atoms with van der Waals surface area (Å²) in [5.41, 5.74) is -0.188. The Morgan fingerprint density at radius 1 is 1.69 bits per heavy atom. The molecule has 0 aromatic heterocycles. The van der Waals surface area contributed by atoms with Crippen LogP contribution in [0.25, 0.3) is 0 Å². The largest absolute Gasteiger partial charge is 0.481 e. The summed E-state index contributed by atoms with van der Waals surface area (Å²) in [6.45, 7) is 5.19. The first-order valence-corrected chi connectivity index (χ1v) is 5.87. The second-order valence-electron chi connectivity index (χ2n) is 3.84. The maximum Gasteiger partial charge on any atom is 0.313 e. The zero-order chi connectivity index (χ0) is 12.3. The van der Waals surface area contributed by atoms with Gasteiger partial charge in [0, 0.05) is 9.50 Å². The van der Waals surface area contributed by atoms with Gasteiger partial charge in [0.05, 0.1) is 5.41 Å². The van der Waals surface area contributed by atoms with Crippen molar-refractivity contribution in [3.63, 3.8) is 0 Å². The number of carbonyl (C=O) groups is 1. The predicted octanol–water partition coefficient (Wildman–Crippen LogP) is 3.92. The Hall–Kier alpha value is -0.800. The second kappa shape index (κ2) is 5.02. The summed E-state index contributed by atoms with van der Waals surface area (Å²) < 4.78 is 0.872. The molecule has 16 heavy (non-hydrogen) atoms. The van der Waals surface area contributed by atoms with Gasteiger partial charge in [0.15, 0.2) is 0 Å². The molecule has 1 atom stereocenters. The van der Waals surface area contributed by atoms with Gasteiger partial charge in [0.25, 0.3) is 0 Å². The van der Waals surface area contributed by atoms with Crippen molar-refractivity contribution >= 4 is 33.5 Å². The first kappa shape index (κ1) is 13.3. The predicted molar refractivity (Wildman–Crippen MR) is 68.8 cm³/mol. The van der Waals surface area contributed by atoms with Gasteiger partial charge in [-0.3, -0.25) is 4.79 Å². The van der Waals surface area contributed by atoms with E-state index in [1.807, 2.05) is 12.1 Å². The lowest BCUT2D eigenvalue weighted by Gasteiger charge is -2.20. The molecule has 86 valence electrons. The highest BCUT2D eigenvalue weighted by Crippen LogP contribution is 2.29. The SMILES string of the molecule is C=CC(C)(Cc1ccc(Br)cc1Cl)C(=O)O. The molecule has 0 bridgehead atoms. The van der Waals surface area contributed by atoms with Crippen LogP contribution in [0.15, 0.2) is 35.3 Å². The van der Waals surface area contributed by atoms with Crippen molar-refractivity contribution in [3.05, 3.63) is 45.9 Å². The Morgan fingerprint density at radius 3 is 2.75 bits per heavy atom. The molecule has 1 rings (SSSR count). The molecule has 0 spiro atoms. The van der Waals surface area contributed by atoms with Crippen molar-refractivity contribution < 1.29 is 9.90 Å². The molecule has 1 aromatic carbocycles. The van der Waals surface area contributed by atoms with Crippen molar-refractivity contribution in [1.29, 1.82) is 0 Å². The third-order valence-corrected chi connectivity index (χ3v) is 3.36. The number of rotatable bonds is 4. The van der Waals surface area contributed by atoms with Crippen LogP contribution in [-0.4, -0.2) is 11.1 Å². The first-order chi connectivity index (χ1) is 7.39. The molecule has 0 aliphatic rings. The number of aliphatic carboxylic acids is 1. The van der Waals surface area contributed by atoms with Crippen LogP contribution < -0.4 is 0 Å². The molecule has 1 N–H and O–H groups in total. The molecule has 1 unspecified atom stereocenters. The first-order valence-electron chi connectivity index (χ1n) is 4.70. The molecule has 1 aromatic rings. The number of halogens is 2. The van der Waals surface area contributed by atoms with E-state index in [9.17, 15) is 4.79 Å². The van der Waals surface area contributed by atoms with E-state index in [-0.39, 0.29) is 0 Å². The van der Waals surface area contributed by atoms with E-state index >= 15 is 0 Å². The summed E-state index contributed by atoms with van der Waals surface area (Å²) in [5, 5.41) is 9.67. The van der Waals surface area contributed by atoms with Crippen LogP contribution in [0.1, 0.15) is 12.5 Å². The normalized spacial score (nSPS) is 14.2. The molecule has 0 fully saturated rings. The fourth-order valence-corrected chi connectivity index (χ4v) is 2.04. The van der Waals surface area contributed by atoms with Crippen molar-refractivity contribution in [2.45, 2.75) is 13.3 Å². The van der Waals surface area contributed by atoms with Crippen molar-refractivity contribution in [2.75, 3.05) is 0 Å². The third kappa shape index (κ3) is 2.86. The Morgan fingerprint density at radius 2 is 2.31 bits per heavy atom. The average molecular weight is 304 g/mol. The summed E-state index contributed by atoms with van der Waals surface area (Å²) >= 11 is 9.34. The summed E-state index contributed by atoms with van der Waals surface area (Å²) in [6.07, 6.45) is 1.77. The summed E-state index contributed by atoms with van der Waals surface area (Å²) in [4.78, 5) is 11.1. The highest BCUT2D eigenvalue weighted by Gasteiger charge is 2.30. The van der Waals surface area contributed by atoms with Gasteiger partial charge < -0.3 is 5.11 Å². The van der Waals surface area contributed by atoms with E-state index in [0.29, 0.717) is 11.4 Å². The van der Waals surface area contributed by atoms with E-state index < -0.39 is 11.4 Å². The molecule has 0 radical (unpaired) electrons. The smallest absolute Gasteiger partial charge is 0.313 e. The number of hydrogen-bond donors (Lipinski definition) is 1. The fourth-order valence-electron chi connectivity index (χ4n) is 1.30. The van der Waals surface area contributed by atoms with E-state index in [1.165, 1.54) is 6.08 Å². The number of carboxylic acids is 1. The Labute approximate surface area is 108 Å². The monoisotopic (exact) mass is 302 g/mol. The lowest BCUT2D eigenvalue weighted by atomic mass is 9.84. The molecule has 0 aliphatic heterocycles. The maximum absolute atomic E-state index is 11.1. The van der Waals surface area contributed by atoms with Crippen molar-refractivity contribution in [2.24, 2.45) is 5.41 Å². The van der Waals surface area contributed by atoms with E-state index in [2.05, 4.69) is 22.5 Å². The molecule has 0 amide bonds. The standard InChI is InChI=1S/C12H12BrClO2/c1-3-12(2,11(15)16)7-8-4-5-9(13)6-10(8)14/h3-6H,1,7H2,2H3,(H,15,16). The molecule has 2 nitrogen and oxygen atoms in total. The highest BCUT2D eigenvalue weighted by molar-refractivity contribution is 9.10. The average Bonchev–Trinajstić information content (AvgIpc) is 2.22. The lowest BCUT2D eigenvalue weighted by molar-refractivity contribution is -0.145. The fraction of sp³-hybridized carbons (Fsp3) is 0.250. The Balaban J connectivity index is 3.04. The molecule has 0 saturated heterocycles. The van der Waals surface area contributed by atoms with E-state index in [0.717, 1.165) is 10.0 Å². The Bertz CT molecular complexity index is 431. The second-order valence-corrected chi connectivity index (χ2v) is 5.16. The molecule has 0 saturated carbocycles. The van der Waals surface area contributed by atoms with Crippen LogP contribution in [-0.2, 0) is 11.2 Å². The van der Waals surface area contributed by atoms with Gasteiger partial charge in [-0.1, -0.05) is 39.7 Å². The zero-order valence-corrected chi connectivity index (χ0v) is 11.2. The van der Waals surface area contributed by atoms with Gasteiger partial charge in [-0.15, -0.1) is 6.58 Å². The molecular formula is C12H12BrClO2. The third-order valence-electron chi connectivity index (χ3n) is 2.51. The van der Waals surface area contributed by atoms with Gasteiger partial charge in [0.2, 0.25) is 0 Å². The molecule has 4 heteroatoms. The quantitative estimate of drug-likeness (QED) is 0.856. The topological polar surface area (TPSA) is 37.3 Å². The van der Waals surface area contributed by atoms with Crippen LogP contribution in [0.2, 0.25) is 5.02 Å². The number of benzene rings is 1. The van der Waals surface area contributed by atoms with Gasteiger partial charge in [-0.25, -0.2) is 0 Å². The summed E-state index contributed by atoms with van der Waals surface area (Å²) in [6, 6.07) is 5.41. The van der Waals surface area contributed by atoms with Crippen molar-refractivity contribution in [3.8, 4) is 0 Å². The van der Waals surface area contributed by atoms with E-state index in [4.69, 9.17) is 16.7 Å². The van der Waals surface area contributed by atoms with Crippen LogP contribution in [0, 0.1) is 5.41 Å². The summed E-state index contributed by atoms with van der Waals surface area (Å²) in [5.74, 6) is -0.901. The summed E-state index contributed by atoms with van der Waals surface area (Å²) in [7, 11) is 0. The van der Waals surface area contributed by atoms with Crippen LogP contribution in [0.5, 0.6) is 0 Å². The molecular weight excluding hydrogens is 291 g/mol. The maximum atomic E-state index is 11.1.